The standard InChI is InChI=1S/C14H28O/c1-12(2)8-7-11-14(15)10-6-5-9-13(14,3)4/h12,15H,5-11H2,1-4H3. The fourth-order valence-electron chi connectivity index (χ4n) is 2.82. The lowest BCUT2D eigenvalue weighted by Crippen LogP contribution is -2.47. The van der Waals surface area contributed by atoms with Crippen molar-refractivity contribution in [2.75, 3.05) is 0 Å². The Morgan fingerprint density at radius 1 is 1.13 bits per heavy atom. The van der Waals surface area contributed by atoms with Gasteiger partial charge in [-0.2, -0.15) is 0 Å². The van der Waals surface area contributed by atoms with E-state index < -0.39 is 0 Å². The first-order chi connectivity index (χ1) is 6.87. The molecule has 0 aliphatic heterocycles. The molecule has 1 aliphatic rings. The predicted molar refractivity (Wildman–Crippen MR) is 65.9 cm³/mol. The van der Waals surface area contributed by atoms with Gasteiger partial charge in [0, 0.05) is 0 Å². The third kappa shape index (κ3) is 3.21. The van der Waals surface area contributed by atoms with E-state index in [0.717, 1.165) is 18.8 Å². The minimum Gasteiger partial charge on any atom is -0.389 e. The van der Waals surface area contributed by atoms with Crippen molar-refractivity contribution in [1.82, 2.24) is 0 Å². The van der Waals surface area contributed by atoms with Gasteiger partial charge in [-0.05, 0) is 30.6 Å². The fourth-order valence-corrected chi connectivity index (χ4v) is 2.82. The molecule has 0 aromatic carbocycles. The van der Waals surface area contributed by atoms with Crippen LogP contribution in [0.3, 0.4) is 0 Å². The quantitative estimate of drug-likeness (QED) is 0.742. The molecule has 1 unspecified atom stereocenters. The minimum absolute atomic E-state index is 0.127. The van der Waals surface area contributed by atoms with E-state index in [1.165, 1.54) is 32.1 Å². The molecular weight excluding hydrogens is 184 g/mol. The van der Waals surface area contributed by atoms with Crippen molar-refractivity contribution in [2.24, 2.45) is 11.3 Å². The lowest BCUT2D eigenvalue weighted by Gasteiger charge is -2.47. The van der Waals surface area contributed by atoms with E-state index in [-0.39, 0.29) is 11.0 Å². The van der Waals surface area contributed by atoms with Crippen LogP contribution in [-0.4, -0.2) is 10.7 Å². The van der Waals surface area contributed by atoms with Gasteiger partial charge < -0.3 is 5.11 Å². The first-order valence-electron chi connectivity index (χ1n) is 6.60. The Labute approximate surface area is 95.3 Å². The highest BCUT2D eigenvalue weighted by molar-refractivity contribution is 4.96. The van der Waals surface area contributed by atoms with Crippen LogP contribution in [0.2, 0.25) is 0 Å². The highest BCUT2D eigenvalue weighted by Gasteiger charge is 2.44. The SMILES string of the molecule is CC(C)CCCC1(O)CCCCC1(C)C. The Morgan fingerprint density at radius 3 is 2.27 bits per heavy atom. The molecule has 1 rings (SSSR count). The van der Waals surface area contributed by atoms with E-state index in [1.54, 1.807) is 0 Å². The molecule has 1 heteroatoms. The lowest BCUT2D eigenvalue weighted by molar-refractivity contribution is -0.104. The molecule has 0 radical (unpaired) electrons. The number of aliphatic hydroxyl groups is 1. The van der Waals surface area contributed by atoms with Gasteiger partial charge in [0.05, 0.1) is 5.60 Å². The molecule has 0 heterocycles. The molecule has 0 amide bonds. The summed E-state index contributed by atoms with van der Waals surface area (Å²) in [6, 6.07) is 0. The number of hydrogen-bond acceptors (Lipinski definition) is 1. The maximum Gasteiger partial charge on any atom is 0.0698 e. The van der Waals surface area contributed by atoms with E-state index in [4.69, 9.17) is 0 Å². The van der Waals surface area contributed by atoms with Crippen molar-refractivity contribution in [1.29, 1.82) is 0 Å². The van der Waals surface area contributed by atoms with E-state index in [0.29, 0.717) is 0 Å². The Kier molecular flexibility index (Phi) is 4.22. The van der Waals surface area contributed by atoms with Crippen LogP contribution >= 0.6 is 0 Å². The van der Waals surface area contributed by atoms with Gasteiger partial charge in [0.2, 0.25) is 0 Å². The monoisotopic (exact) mass is 212 g/mol. The molecule has 15 heavy (non-hydrogen) atoms. The molecule has 90 valence electrons. The van der Waals surface area contributed by atoms with Crippen molar-refractivity contribution in [2.45, 2.75) is 78.2 Å². The summed E-state index contributed by atoms with van der Waals surface area (Å²) in [5.41, 5.74) is -0.262. The van der Waals surface area contributed by atoms with Crippen LogP contribution in [0.1, 0.15) is 72.6 Å². The molecule has 1 aliphatic carbocycles. The summed E-state index contributed by atoms with van der Waals surface area (Å²) >= 11 is 0. The van der Waals surface area contributed by atoms with Gasteiger partial charge in [-0.3, -0.25) is 0 Å². The highest BCUT2D eigenvalue weighted by atomic mass is 16.3. The molecule has 0 bridgehead atoms. The highest BCUT2D eigenvalue weighted by Crippen LogP contribution is 2.46. The summed E-state index contributed by atoms with van der Waals surface area (Å²) < 4.78 is 0. The minimum atomic E-state index is -0.389. The zero-order valence-electron chi connectivity index (χ0n) is 11.0. The third-order valence-electron chi connectivity index (χ3n) is 4.27. The van der Waals surface area contributed by atoms with Crippen molar-refractivity contribution in [3.05, 3.63) is 0 Å². The van der Waals surface area contributed by atoms with Crippen molar-refractivity contribution < 1.29 is 5.11 Å². The summed E-state index contributed by atoms with van der Waals surface area (Å²) in [4.78, 5) is 0. The zero-order chi connectivity index (χ0) is 11.5. The van der Waals surface area contributed by atoms with Crippen LogP contribution < -0.4 is 0 Å². The second kappa shape index (κ2) is 4.86. The molecule has 1 fully saturated rings. The predicted octanol–water partition coefficient (Wildman–Crippen LogP) is 4.14. The molecule has 0 spiro atoms. The molecule has 1 atom stereocenters. The summed E-state index contributed by atoms with van der Waals surface area (Å²) in [6.45, 7) is 9.00. The van der Waals surface area contributed by atoms with Crippen molar-refractivity contribution in [3.8, 4) is 0 Å². The number of hydrogen-bond donors (Lipinski definition) is 1. The summed E-state index contributed by atoms with van der Waals surface area (Å²) in [5.74, 6) is 0.764. The summed E-state index contributed by atoms with van der Waals surface area (Å²) in [7, 11) is 0. The largest absolute Gasteiger partial charge is 0.389 e. The Bertz CT molecular complexity index is 196. The van der Waals surface area contributed by atoms with Crippen LogP contribution in [0.15, 0.2) is 0 Å². The van der Waals surface area contributed by atoms with Crippen LogP contribution in [0, 0.1) is 11.3 Å². The number of rotatable bonds is 4. The Morgan fingerprint density at radius 2 is 1.73 bits per heavy atom. The average molecular weight is 212 g/mol. The van der Waals surface area contributed by atoms with Crippen molar-refractivity contribution in [3.63, 3.8) is 0 Å². The van der Waals surface area contributed by atoms with Gasteiger partial charge in [-0.15, -0.1) is 0 Å². The van der Waals surface area contributed by atoms with Gasteiger partial charge in [0.25, 0.3) is 0 Å². The Hall–Kier alpha value is -0.0400. The van der Waals surface area contributed by atoms with E-state index in [1.807, 2.05) is 0 Å². The topological polar surface area (TPSA) is 20.2 Å². The second-order valence-electron chi connectivity index (χ2n) is 6.41. The average Bonchev–Trinajstić information content (AvgIpc) is 2.10. The first-order valence-corrected chi connectivity index (χ1v) is 6.60. The summed E-state index contributed by atoms with van der Waals surface area (Å²) in [6.07, 6.45) is 8.12. The van der Waals surface area contributed by atoms with Gasteiger partial charge in [-0.25, -0.2) is 0 Å². The molecule has 1 nitrogen and oxygen atoms in total. The lowest BCUT2D eigenvalue weighted by atomic mass is 9.63. The van der Waals surface area contributed by atoms with Gasteiger partial charge in [0.15, 0.2) is 0 Å². The smallest absolute Gasteiger partial charge is 0.0698 e. The molecule has 1 saturated carbocycles. The molecule has 0 saturated heterocycles. The maximum atomic E-state index is 10.7. The molecule has 0 aromatic rings. The van der Waals surface area contributed by atoms with Crippen LogP contribution in [0.5, 0.6) is 0 Å². The maximum absolute atomic E-state index is 10.7. The third-order valence-corrected chi connectivity index (χ3v) is 4.27. The Balaban J connectivity index is 2.48. The first kappa shape index (κ1) is 13.0. The van der Waals surface area contributed by atoms with Gasteiger partial charge in [0.1, 0.15) is 0 Å². The van der Waals surface area contributed by atoms with E-state index >= 15 is 0 Å². The van der Waals surface area contributed by atoms with E-state index in [2.05, 4.69) is 27.7 Å². The molecule has 1 N–H and O–H groups in total. The van der Waals surface area contributed by atoms with Crippen LogP contribution in [0.25, 0.3) is 0 Å². The molecule has 0 aromatic heterocycles. The zero-order valence-corrected chi connectivity index (χ0v) is 11.0. The van der Waals surface area contributed by atoms with Crippen molar-refractivity contribution >= 4 is 0 Å². The van der Waals surface area contributed by atoms with E-state index in [9.17, 15) is 5.11 Å². The van der Waals surface area contributed by atoms with Gasteiger partial charge >= 0.3 is 0 Å². The normalized spacial score (nSPS) is 30.8. The fraction of sp³-hybridized carbons (Fsp3) is 1.00. The second-order valence-corrected chi connectivity index (χ2v) is 6.41. The summed E-state index contributed by atoms with van der Waals surface area (Å²) in [5, 5.41) is 10.7. The van der Waals surface area contributed by atoms with Gasteiger partial charge in [-0.1, -0.05) is 53.4 Å². The van der Waals surface area contributed by atoms with Crippen LogP contribution in [-0.2, 0) is 0 Å². The molecular formula is C14H28O. The van der Waals surface area contributed by atoms with Crippen LogP contribution in [0.4, 0.5) is 0 Å².